The molecule has 5 nitrogen and oxygen atoms in total. The molecule has 0 aromatic carbocycles. The van der Waals surface area contributed by atoms with E-state index in [1.807, 2.05) is 24.9 Å². The van der Waals surface area contributed by atoms with Crippen molar-refractivity contribution in [1.29, 1.82) is 0 Å². The Morgan fingerprint density at radius 1 is 1.47 bits per heavy atom. The Bertz CT molecular complexity index is 433. The van der Waals surface area contributed by atoms with Gasteiger partial charge in [0.2, 0.25) is 5.91 Å². The average molecular weight is 234 g/mol. The third kappa shape index (κ3) is 2.24. The van der Waals surface area contributed by atoms with Crippen molar-refractivity contribution in [3.05, 3.63) is 23.4 Å². The Hall–Kier alpha value is -1.62. The molecule has 17 heavy (non-hydrogen) atoms. The number of hydrogen-bond acceptors (Lipinski definition) is 4. The Kier molecular flexibility index (Phi) is 3.28. The minimum absolute atomic E-state index is 0.127. The number of aryl methyl sites for hydroxylation is 1. The largest absolute Gasteiger partial charge is 0.345 e. The predicted molar refractivity (Wildman–Crippen MR) is 66.7 cm³/mol. The molecule has 0 aliphatic carbocycles. The number of nitrogens with zero attached hydrogens (tertiary/aromatic N) is 3. The van der Waals surface area contributed by atoms with Crippen molar-refractivity contribution in [3.8, 4) is 0 Å². The van der Waals surface area contributed by atoms with E-state index in [2.05, 4.69) is 4.98 Å². The summed E-state index contributed by atoms with van der Waals surface area (Å²) in [5, 5.41) is 0. The Morgan fingerprint density at radius 2 is 2.24 bits per heavy atom. The van der Waals surface area contributed by atoms with Gasteiger partial charge in [0.25, 0.3) is 0 Å². The van der Waals surface area contributed by atoms with Crippen LogP contribution in [-0.2, 0) is 11.3 Å². The molecule has 0 saturated carbocycles. The van der Waals surface area contributed by atoms with Gasteiger partial charge < -0.3 is 15.5 Å². The van der Waals surface area contributed by atoms with Crippen LogP contribution in [0.5, 0.6) is 0 Å². The molecule has 0 unspecified atom stereocenters. The highest BCUT2D eigenvalue weighted by Crippen LogP contribution is 2.21. The summed E-state index contributed by atoms with van der Waals surface area (Å²) in [6.45, 7) is 4.41. The third-order valence-corrected chi connectivity index (χ3v) is 3.23. The van der Waals surface area contributed by atoms with E-state index in [4.69, 9.17) is 5.73 Å². The standard InChI is InChI=1S/C12H18N4O/c1-9-3-4-14-12(10(9)7-13)16-6-5-15(2)11(17)8-16/h3-4H,5-8,13H2,1-2H3. The van der Waals surface area contributed by atoms with Gasteiger partial charge in [0.15, 0.2) is 0 Å². The normalized spacial score (nSPS) is 16.5. The molecule has 0 radical (unpaired) electrons. The van der Waals surface area contributed by atoms with E-state index in [1.54, 1.807) is 11.1 Å². The Labute approximate surface area is 101 Å². The summed E-state index contributed by atoms with van der Waals surface area (Å²) in [5.41, 5.74) is 7.92. The molecule has 0 spiro atoms. The van der Waals surface area contributed by atoms with Crippen molar-refractivity contribution >= 4 is 11.7 Å². The zero-order valence-electron chi connectivity index (χ0n) is 10.3. The number of anilines is 1. The van der Waals surface area contributed by atoms with Gasteiger partial charge in [0, 0.05) is 38.4 Å². The molecule has 1 fully saturated rings. The molecule has 0 atom stereocenters. The average Bonchev–Trinajstić information content (AvgIpc) is 2.32. The number of carbonyl (C=O) groups excluding carboxylic acids is 1. The van der Waals surface area contributed by atoms with Gasteiger partial charge in [-0.2, -0.15) is 0 Å². The van der Waals surface area contributed by atoms with Crippen molar-refractivity contribution in [1.82, 2.24) is 9.88 Å². The van der Waals surface area contributed by atoms with E-state index in [0.29, 0.717) is 13.1 Å². The van der Waals surface area contributed by atoms with Gasteiger partial charge in [0.1, 0.15) is 5.82 Å². The zero-order valence-corrected chi connectivity index (χ0v) is 10.3. The van der Waals surface area contributed by atoms with Crippen LogP contribution >= 0.6 is 0 Å². The number of pyridine rings is 1. The second-order valence-corrected chi connectivity index (χ2v) is 4.37. The molecular weight excluding hydrogens is 216 g/mol. The zero-order chi connectivity index (χ0) is 12.4. The molecule has 2 heterocycles. The van der Waals surface area contributed by atoms with Crippen LogP contribution in [0.4, 0.5) is 5.82 Å². The number of nitrogens with two attached hydrogens (primary N) is 1. The van der Waals surface area contributed by atoms with Crippen molar-refractivity contribution in [3.63, 3.8) is 0 Å². The summed E-state index contributed by atoms with van der Waals surface area (Å²) in [6.07, 6.45) is 1.77. The Morgan fingerprint density at radius 3 is 2.88 bits per heavy atom. The summed E-state index contributed by atoms with van der Waals surface area (Å²) < 4.78 is 0. The minimum Gasteiger partial charge on any atom is -0.345 e. The number of hydrogen-bond donors (Lipinski definition) is 1. The molecule has 1 aromatic rings. The van der Waals surface area contributed by atoms with Crippen LogP contribution in [0.3, 0.4) is 0 Å². The van der Waals surface area contributed by atoms with Crippen LogP contribution in [0.15, 0.2) is 12.3 Å². The lowest BCUT2D eigenvalue weighted by molar-refractivity contribution is -0.129. The molecule has 2 rings (SSSR count). The maximum absolute atomic E-state index is 11.7. The molecule has 1 aromatic heterocycles. The monoisotopic (exact) mass is 234 g/mol. The Balaban J connectivity index is 2.28. The maximum atomic E-state index is 11.7. The quantitative estimate of drug-likeness (QED) is 0.790. The van der Waals surface area contributed by atoms with Gasteiger partial charge in [-0.05, 0) is 18.6 Å². The number of amides is 1. The number of carbonyl (C=O) groups is 1. The van der Waals surface area contributed by atoms with Crippen LogP contribution in [-0.4, -0.2) is 42.5 Å². The number of likely N-dealkylation sites (N-methyl/N-ethyl adjacent to an activating group) is 1. The van der Waals surface area contributed by atoms with Gasteiger partial charge in [-0.15, -0.1) is 0 Å². The third-order valence-electron chi connectivity index (χ3n) is 3.23. The molecule has 1 aliphatic heterocycles. The fourth-order valence-electron chi connectivity index (χ4n) is 2.04. The fourth-order valence-corrected chi connectivity index (χ4v) is 2.04. The van der Waals surface area contributed by atoms with E-state index in [9.17, 15) is 4.79 Å². The highest BCUT2D eigenvalue weighted by molar-refractivity contribution is 5.82. The molecule has 92 valence electrons. The van der Waals surface area contributed by atoms with Crippen LogP contribution in [0.1, 0.15) is 11.1 Å². The van der Waals surface area contributed by atoms with Crippen LogP contribution in [0, 0.1) is 6.92 Å². The van der Waals surface area contributed by atoms with Crippen LogP contribution < -0.4 is 10.6 Å². The first kappa shape index (κ1) is 11.9. The van der Waals surface area contributed by atoms with Crippen molar-refractivity contribution in [2.75, 3.05) is 31.6 Å². The van der Waals surface area contributed by atoms with E-state index in [1.165, 1.54) is 0 Å². The number of piperazine rings is 1. The smallest absolute Gasteiger partial charge is 0.241 e. The molecule has 1 aliphatic rings. The van der Waals surface area contributed by atoms with Gasteiger partial charge in [0.05, 0.1) is 6.54 Å². The summed E-state index contributed by atoms with van der Waals surface area (Å²) >= 11 is 0. The lowest BCUT2D eigenvalue weighted by Gasteiger charge is -2.33. The molecule has 1 amide bonds. The van der Waals surface area contributed by atoms with E-state index in [0.717, 1.165) is 30.0 Å². The van der Waals surface area contributed by atoms with E-state index < -0.39 is 0 Å². The molecule has 0 bridgehead atoms. The number of rotatable bonds is 2. The van der Waals surface area contributed by atoms with E-state index >= 15 is 0 Å². The predicted octanol–water partition coefficient (Wildman–Crippen LogP) is 0.127. The maximum Gasteiger partial charge on any atom is 0.241 e. The first-order valence-corrected chi connectivity index (χ1v) is 5.77. The second kappa shape index (κ2) is 4.71. The summed E-state index contributed by atoms with van der Waals surface area (Å²) in [4.78, 5) is 19.8. The molecule has 1 saturated heterocycles. The fraction of sp³-hybridized carbons (Fsp3) is 0.500. The second-order valence-electron chi connectivity index (χ2n) is 4.37. The minimum atomic E-state index is 0.127. The van der Waals surface area contributed by atoms with E-state index in [-0.39, 0.29) is 5.91 Å². The first-order chi connectivity index (χ1) is 8.13. The van der Waals surface area contributed by atoms with Crippen LogP contribution in [0.2, 0.25) is 0 Å². The highest BCUT2D eigenvalue weighted by Gasteiger charge is 2.23. The topological polar surface area (TPSA) is 62.5 Å². The highest BCUT2D eigenvalue weighted by atomic mass is 16.2. The summed E-state index contributed by atoms with van der Waals surface area (Å²) in [7, 11) is 1.83. The molecule has 5 heteroatoms. The first-order valence-electron chi connectivity index (χ1n) is 5.77. The van der Waals surface area contributed by atoms with Crippen molar-refractivity contribution < 1.29 is 4.79 Å². The summed E-state index contributed by atoms with van der Waals surface area (Å²) in [5.74, 6) is 0.983. The SMILES string of the molecule is Cc1ccnc(N2CCN(C)C(=O)C2)c1CN. The van der Waals surface area contributed by atoms with Crippen molar-refractivity contribution in [2.24, 2.45) is 5.73 Å². The van der Waals surface area contributed by atoms with Crippen LogP contribution in [0.25, 0.3) is 0 Å². The molecular formula is C12H18N4O. The lowest BCUT2D eigenvalue weighted by Crippen LogP contribution is -2.49. The van der Waals surface area contributed by atoms with Gasteiger partial charge in [-0.3, -0.25) is 4.79 Å². The van der Waals surface area contributed by atoms with Gasteiger partial charge >= 0.3 is 0 Å². The lowest BCUT2D eigenvalue weighted by atomic mass is 10.1. The summed E-state index contributed by atoms with van der Waals surface area (Å²) in [6, 6.07) is 1.95. The number of aromatic nitrogens is 1. The molecule has 2 N–H and O–H groups in total. The van der Waals surface area contributed by atoms with Crippen molar-refractivity contribution in [2.45, 2.75) is 13.5 Å². The van der Waals surface area contributed by atoms with Gasteiger partial charge in [-0.25, -0.2) is 4.98 Å². The van der Waals surface area contributed by atoms with Gasteiger partial charge in [-0.1, -0.05) is 0 Å².